The van der Waals surface area contributed by atoms with E-state index in [2.05, 4.69) is 4.90 Å². The summed E-state index contributed by atoms with van der Waals surface area (Å²) in [6.07, 6.45) is 2.66. The first kappa shape index (κ1) is 19.5. The minimum atomic E-state index is -0.109. The SMILES string of the molecule is COCCCN1COc2cc(C)c3c(c2C1)O/C(=C\c1ccccc1OC)C3=O. The highest BCUT2D eigenvalue weighted by Crippen LogP contribution is 2.44. The maximum atomic E-state index is 13.1. The molecule has 0 fully saturated rings. The number of fused-ring (bicyclic) bond motifs is 3. The first-order valence-corrected chi connectivity index (χ1v) is 9.70. The summed E-state index contributed by atoms with van der Waals surface area (Å²) in [7, 11) is 3.31. The van der Waals surface area contributed by atoms with Crippen LogP contribution in [0.4, 0.5) is 0 Å². The highest BCUT2D eigenvalue weighted by Gasteiger charge is 2.35. The Hall–Kier alpha value is -2.83. The predicted molar refractivity (Wildman–Crippen MR) is 110 cm³/mol. The lowest BCUT2D eigenvalue weighted by molar-refractivity contribution is 0.0822. The van der Waals surface area contributed by atoms with Gasteiger partial charge in [-0.1, -0.05) is 18.2 Å². The normalized spacial score (nSPS) is 16.9. The Morgan fingerprint density at radius 2 is 2.07 bits per heavy atom. The van der Waals surface area contributed by atoms with Crippen molar-refractivity contribution in [2.75, 3.05) is 34.1 Å². The van der Waals surface area contributed by atoms with Gasteiger partial charge in [0.1, 0.15) is 24.0 Å². The zero-order valence-corrected chi connectivity index (χ0v) is 17.0. The van der Waals surface area contributed by atoms with Gasteiger partial charge in [-0.15, -0.1) is 0 Å². The third-order valence-electron chi connectivity index (χ3n) is 5.24. The van der Waals surface area contributed by atoms with Crippen molar-refractivity contribution in [1.29, 1.82) is 0 Å². The largest absolute Gasteiger partial charge is 0.496 e. The molecule has 0 amide bonds. The number of hydrogen-bond acceptors (Lipinski definition) is 6. The fourth-order valence-electron chi connectivity index (χ4n) is 3.78. The molecule has 6 nitrogen and oxygen atoms in total. The topological polar surface area (TPSA) is 57.2 Å². The Kier molecular flexibility index (Phi) is 5.56. The molecule has 0 atom stereocenters. The van der Waals surface area contributed by atoms with Crippen molar-refractivity contribution in [2.24, 2.45) is 0 Å². The quantitative estimate of drug-likeness (QED) is 0.548. The molecular formula is C23H25NO5. The lowest BCUT2D eigenvalue weighted by Gasteiger charge is -2.30. The molecule has 29 heavy (non-hydrogen) atoms. The monoisotopic (exact) mass is 395 g/mol. The Morgan fingerprint density at radius 1 is 1.24 bits per heavy atom. The molecule has 0 N–H and O–H groups in total. The van der Waals surface area contributed by atoms with Crippen LogP contribution in [0.3, 0.4) is 0 Å². The Labute approximate surface area is 170 Å². The van der Waals surface area contributed by atoms with Gasteiger partial charge in [0.05, 0.1) is 18.2 Å². The number of ether oxygens (including phenoxy) is 4. The van der Waals surface area contributed by atoms with Gasteiger partial charge in [-0.2, -0.15) is 0 Å². The molecule has 0 unspecified atom stereocenters. The second-order valence-electron chi connectivity index (χ2n) is 7.23. The second kappa shape index (κ2) is 8.27. The van der Waals surface area contributed by atoms with E-state index in [9.17, 15) is 4.79 Å². The molecular weight excluding hydrogens is 370 g/mol. The third-order valence-corrected chi connectivity index (χ3v) is 5.24. The first-order chi connectivity index (χ1) is 14.1. The highest BCUT2D eigenvalue weighted by molar-refractivity contribution is 6.16. The fraction of sp³-hybridized carbons (Fsp3) is 0.348. The van der Waals surface area contributed by atoms with Gasteiger partial charge in [0, 0.05) is 32.4 Å². The molecule has 6 heteroatoms. The average molecular weight is 395 g/mol. The summed E-state index contributed by atoms with van der Waals surface area (Å²) < 4.78 is 22.6. The Morgan fingerprint density at radius 3 is 2.86 bits per heavy atom. The number of hydrogen-bond donors (Lipinski definition) is 0. The zero-order chi connectivity index (χ0) is 20.4. The van der Waals surface area contributed by atoms with Crippen LogP contribution in [-0.4, -0.2) is 44.8 Å². The number of carbonyl (C=O) groups is 1. The molecule has 4 rings (SSSR count). The number of benzene rings is 2. The number of nitrogens with zero attached hydrogens (tertiary/aromatic N) is 1. The summed E-state index contributed by atoms with van der Waals surface area (Å²) in [5.41, 5.74) is 3.20. The molecule has 0 radical (unpaired) electrons. The summed E-state index contributed by atoms with van der Waals surface area (Å²) in [5.74, 6) is 2.29. The molecule has 0 spiro atoms. The van der Waals surface area contributed by atoms with E-state index in [1.165, 1.54) is 0 Å². The number of allylic oxidation sites excluding steroid dienone is 1. The van der Waals surface area contributed by atoms with Crippen molar-refractivity contribution in [2.45, 2.75) is 19.9 Å². The summed E-state index contributed by atoms with van der Waals surface area (Å²) in [6, 6.07) is 9.49. The number of methoxy groups -OCH3 is 2. The first-order valence-electron chi connectivity index (χ1n) is 9.70. The van der Waals surface area contributed by atoms with Gasteiger partial charge in [-0.05, 0) is 37.1 Å². The van der Waals surface area contributed by atoms with Crippen molar-refractivity contribution < 1.29 is 23.7 Å². The zero-order valence-electron chi connectivity index (χ0n) is 17.0. The minimum Gasteiger partial charge on any atom is -0.496 e. The van der Waals surface area contributed by atoms with Gasteiger partial charge in [-0.25, -0.2) is 0 Å². The van der Waals surface area contributed by atoms with Crippen LogP contribution in [-0.2, 0) is 11.3 Å². The Bertz CT molecular complexity index is 966. The molecule has 2 aliphatic rings. The van der Waals surface area contributed by atoms with Crippen LogP contribution in [0.1, 0.15) is 33.5 Å². The van der Waals surface area contributed by atoms with Gasteiger partial charge in [0.2, 0.25) is 5.78 Å². The van der Waals surface area contributed by atoms with Crippen LogP contribution in [0.2, 0.25) is 0 Å². The van der Waals surface area contributed by atoms with Crippen LogP contribution < -0.4 is 14.2 Å². The lowest BCUT2D eigenvalue weighted by atomic mass is 9.98. The molecule has 0 saturated heterocycles. The molecule has 152 valence electrons. The predicted octanol–water partition coefficient (Wildman–Crippen LogP) is 3.81. The van der Waals surface area contributed by atoms with Crippen molar-refractivity contribution in [3.05, 3.63) is 58.3 Å². The van der Waals surface area contributed by atoms with Crippen LogP contribution in [0.5, 0.6) is 17.2 Å². The minimum absolute atomic E-state index is 0.109. The number of aryl methyl sites for hydroxylation is 1. The van der Waals surface area contributed by atoms with E-state index in [-0.39, 0.29) is 5.78 Å². The van der Waals surface area contributed by atoms with Gasteiger partial charge in [0.15, 0.2) is 5.76 Å². The summed E-state index contributed by atoms with van der Waals surface area (Å²) >= 11 is 0. The van der Waals surface area contributed by atoms with Gasteiger partial charge < -0.3 is 18.9 Å². The van der Waals surface area contributed by atoms with E-state index >= 15 is 0 Å². The Balaban J connectivity index is 1.66. The van der Waals surface area contributed by atoms with E-state index in [1.54, 1.807) is 20.3 Å². The van der Waals surface area contributed by atoms with Crippen molar-refractivity contribution in [3.63, 3.8) is 0 Å². The lowest BCUT2D eigenvalue weighted by Crippen LogP contribution is -2.33. The third kappa shape index (κ3) is 3.73. The number of rotatable bonds is 6. The van der Waals surface area contributed by atoms with E-state index in [0.29, 0.717) is 42.7 Å². The summed E-state index contributed by atoms with van der Waals surface area (Å²) in [5, 5.41) is 0. The second-order valence-corrected chi connectivity index (χ2v) is 7.23. The van der Waals surface area contributed by atoms with Gasteiger partial charge >= 0.3 is 0 Å². The van der Waals surface area contributed by atoms with Crippen molar-refractivity contribution in [3.8, 4) is 17.2 Å². The molecule has 2 aromatic carbocycles. The number of para-hydroxylation sites is 1. The van der Waals surface area contributed by atoms with Crippen LogP contribution >= 0.6 is 0 Å². The standard InChI is InChI=1S/C23H25NO5/c1-15-11-19-17(13-24(14-28-19)9-6-10-26-2)23-21(15)22(25)20(29-23)12-16-7-4-5-8-18(16)27-3/h4-5,7-8,11-12H,6,9-10,13-14H2,1-3H3/b20-12-. The highest BCUT2D eigenvalue weighted by atomic mass is 16.5. The molecule has 2 aromatic rings. The number of carbonyl (C=O) groups excluding carboxylic acids is 1. The van der Waals surface area contributed by atoms with E-state index in [4.69, 9.17) is 18.9 Å². The van der Waals surface area contributed by atoms with Crippen molar-refractivity contribution in [1.82, 2.24) is 4.90 Å². The van der Waals surface area contributed by atoms with E-state index in [0.717, 1.165) is 35.4 Å². The van der Waals surface area contributed by atoms with Crippen LogP contribution in [0.25, 0.3) is 6.08 Å². The van der Waals surface area contributed by atoms with Crippen LogP contribution in [0, 0.1) is 6.92 Å². The molecule has 2 aliphatic heterocycles. The molecule has 0 saturated carbocycles. The average Bonchev–Trinajstić information content (AvgIpc) is 3.06. The van der Waals surface area contributed by atoms with Crippen LogP contribution in [0.15, 0.2) is 36.1 Å². The maximum absolute atomic E-state index is 13.1. The summed E-state index contributed by atoms with van der Waals surface area (Å²) in [6.45, 7) is 4.67. The summed E-state index contributed by atoms with van der Waals surface area (Å²) in [4.78, 5) is 15.3. The van der Waals surface area contributed by atoms with Crippen molar-refractivity contribution >= 4 is 11.9 Å². The fourth-order valence-corrected chi connectivity index (χ4v) is 3.78. The van der Waals surface area contributed by atoms with Gasteiger partial charge in [-0.3, -0.25) is 9.69 Å². The smallest absolute Gasteiger partial charge is 0.232 e. The van der Waals surface area contributed by atoms with Gasteiger partial charge in [0.25, 0.3) is 0 Å². The number of ketones is 1. The molecule has 2 heterocycles. The molecule has 0 bridgehead atoms. The maximum Gasteiger partial charge on any atom is 0.232 e. The molecule has 0 aromatic heterocycles. The molecule has 0 aliphatic carbocycles. The number of Topliss-reactive ketones (excluding diaryl/α,β-unsaturated/α-hetero) is 1. The van der Waals surface area contributed by atoms with E-state index in [1.807, 2.05) is 37.3 Å². The van der Waals surface area contributed by atoms with E-state index < -0.39 is 0 Å².